The van der Waals surface area contributed by atoms with E-state index in [1.165, 1.54) is 43.2 Å². The summed E-state index contributed by atoms with van der Waals surface area (Å²) in [5.74, 6) is 1.86. The molecule has 1 aromatic carbocycles. The molecule has 1 saturated carbocycles. The van der Waals surface area contributed by atoms with Crippen LogP contribution < -0.4 is 20.3 Å². The van der Waals surface area contributed by atoms with E-state index >= 15 is 0 Å². The van der Waals surface area contributed by atoms with Crippen molar-refractivity contribution >= 4 is 29.1 Å². The molecule has 2 heterocycles. The highest BCUT2D eigenvalue weighted by molar-refractivity contribution is 7.80. The molecular formula is C21H27N5OS. The van der Waals surface area contributed by atoms with Crippen molar-refractivity contribution in [1.82, 2.24) is 15.3 Å². The number of nitrogens with one attached hydrogen (secondary N) is 2. The molecule has 28 heavy (non-hydrogen) atoms. The molecular weight excluding hydrogens is 370 g/mol. The van der Waals surface area contributed by atoms with Crippen molar-refractivity contribution in [2.24, 2.45) is 0 Å². The molecule has 1 aliphatic carbocycles. The summed E-state index contributed by atoms with van der Waals surface area (Å²) in [4.78, 5) is 11.4. The van der Waals surface area contributed by atoms with Gasteiger partial charge in [-0.05, 0) is 42.6 Å². The summed E-state index contributed by atoms with van der Waals surface area (Å²) in [6, 6.07) is 10.9. The maximum atomic E-state index is 5.49. The number of ether oxygens (including phenoxy) is 1. The first kappa shape index (κ1) is 18.9. The first-order valence-corrected chi connectivity index (χ1v) is 10.4. The van der Waals surface area contributed by atoms with Gasteiger partial charge in [-0.15, -0.1) is 0 Å². The van der Waals surface area contributed by atoms with Crippen molar-refractivity contribution < 1.29 is 4.74 Å². The predicted molar refractivity (Wildman–Crippen MR) is 116 cm³/mol. The minimum Gasteiger partial charge on any atom is -0.481 e. The van der Waals surface area contributed by atoms with Gasteiger partial charge in [0.2, 0.25) is 11.8 Å². The third-order valence-corrected chi connectivity index (χ3v) is 5.74. The zero-order valence-corrected chi connectivity index (χ0v) is 17.1. The molecule has 1 aromatic heterocycles. The molecule has 1 aliphatic heterocycles. The first-order chi connectivity index (χ1) is 13.7. The molecule has 2 aliphatic rings. The predicted octanol–water partition coefficient (Wildman–Crippen LogP) is 3.67. The second kappa shape index (κ2) is 8.73. The molecule has 2 aromatic rings. The lowest BCUT2D eigenvalue weighted by Gasteiger charge is -2.30. The lowest BCUT2D eigenvalue weighted by atomic mass is 9.96. The van der Waals surface area contributed by atoms with Crippen LogP contribution in [-0.2, 0) is 13.0 Å². The van der Waals surface area contributed by atoms with E-state index in [0.717, 1.165) is 25.3 Å². The van der Waals surface area contributed by atoms with E-state index in [9.17, 15) is 0 Å². The molecule has 2 N–H and O–H groups in total. The van der Waals surface area contributed by atoms with E-state index in [1.807, 2.05) is 6.07 Å². The highest BCUT2D eigenvalue weighted by atomic mass is 32.1. The Bertz CT molecular complexity index is 837. The number of anilines is 2. The van der Waals surface area contributed by atoms with Crippen LogP contribution in [0, 0.1) is 0 Å². The van der Waals surface area contributed by atoms with Gasteiger partial charge in [-0.3, -0.25) is 0 Å². The van der Waals surface area contributed by atoms with E-state index in [2.05, 4.69) is 44.8 Å². The molecule has 4 rings (SSSR count). The van der Waals surface area contributed by atoms with Crippen molar-refractivity contribution in [2.45, 2.75) is 51.1 Å². The van der Waals surface area contributed by atoms with Gasteiger partial charge in [0.1, 0.15) is 5.82 Å². The summed E-state index contributed by atoms with van der Waals surface area (Å²) >= 11 is 5.49. The summed E-state index contributed by atoms with van der Waals surface area (Å²) in [6.07, 6.45) is 7.18. The van der Waals surface area contributed by atoms with Gasteiger partial charge in [0.05, 0.1) is 7.11 Å². The van der Waals surface area contributed by atoms with Crippen LogP contribution in [0.2, 0.25) is 0 Å². The molecule has 6 nitrogen and oxygen atoms in total. The Morgan fingerprint density at radius 2 is 1.93 bits per heavy atom. The first-order valence-electron chi connectivity index (χ1n) is 10.0. The summed E-state index contributed by atoms with van der Waals surface area (Å²) < 4.78 is 5.41. The second-order valence-electron chi connectivity index (χ2n) is 7.47. The highest BCUT2D eigenvalue weighted by Gasteiger charge is 2.20. The average molecular weight is 398 g/mol. The Hall–Kier alpha value is -2.41. The Kier molecular flexibility index (Phi) is 5.90. The number of fused-ring (bicyclic) bond motifs is 1. The van der Waals surface area contributed by atoms with Crippen LogP contribution in [0.4, 0.5) is 11.8 Å². The van der Waals surface area contributed by atoms with Crippen LogP contribution in [0.1, 0.15) is 43.2 Å². The zero-order valence-electron chi connectivity index (χ0n) is 16.3. The third-order valence-electron chi connectivity index (χ3n) is 5.52. The fourth-order valence-electron chi connectivity index (χ4n) is 4.00. The van der Waals surface area contributed by atoms with Gasteiger partial charge in [0, 0.05) is 25.2 Å². The van der Waals surface area contributed by atoms with Crippen LogP contribution in [0.3, 0.4) is 0 Å². The summed E-state index contributed by atoms with van der Waals surface area (Å²) in [6.45, 7) is 1.75. The quantitative estimate of drug-likeness (QED) is 0.763. The smallest absolute Gasteiger partial charge is 0.234 e. The van der Waals surface area contributed by atoms with Crippen LogP contribution in [-0.4, -0.2) is 34.8 Å². The van der Waals surface area contributed by atoms with E-state index < -0.39 is 0 Å². The fraction of sp³-hybridized carbons (Fsp3) is 0.476. The number of benzene rings is 1. The van der Waals surface area contributed by atoms with E-state index in [1.54, 1.807) is 7.11 Å². The summed E-state index contributed by atoms with van der Waals surface area (Å²) in [5.41, 5.74) is 2.76. The molecule has 7 heteroatoms. The van der Waals surface area contributed by atoms with Gasteiger partial charge in [-0.25, -0.2) is 0 Å². The molecule has 0 saturated heterocycles. The zero-order chi connectivity index (χ0) is 19.3. The van der Waals surface area contributed by atoms with E-state index in [0.29, 0.717) is 23.0 Å². The Morgan fingerprint density at radius 1 is 1.14 bits per heavy atom. The number of hydrogen-bond acceptors (Lipinski definition) is 5. The van der Waals surface area contributed by atoms with Crippen molar-refractivity contribution in [1.29, 1.82) is 0 Å². The Balaban J connectivity index is 1.47. The van der Waals surface area contributed by atoms with Crippen molar-refractivity contribution in [3.05, 3.63) is 41.5 Å². The molecule has 0 spiro atoms. The monoisotopic (exact) mass is 397 g/mol. The second-order valence-corrected chi connectivity index (χ2v) is 7.87. The SMILES string of the molecule is COc1cc(N2CCc3ccccc3C2)nc(NC(=S)NC2CCCCC2)n1. The topological polar surface area (TPSA) is 62.3 Å². The number of aromatic nitrogens is 2. The lowest BCUT2D eigenvalue weighted by Crippen LogP contribution is -2.39. The minimum absolute atomic E-state index is 0.442. The molecule has 0 unspecified atom stereocenters. The number of thiocarbonyl (C=S) groups is 1. The molecule has 1 fully saturated rings. The number of hydrogen-bond donors (Lipinski definition) is 2. The molecule has 0 radical (unpaired) electrons. The fourth-order valence-corrected chi connectivity index (χ4v) is 4.25. The van der Waals surface area contributed by atoms with Crippen molar-refractivity contribution in [3.8, 4) is 5.88 Å². The van der Waals surface area contributed by atoms with Gasteiger partial charge in [-0.2, -0.15) is 9.97 Å². The van der Waals surface area contributed by atoms with Gasteiger partial charge in [0.15, 0.2) is 5.11 Å². The Labute approximate surface area is 171 Å². The number of rotatable bonds is 4. The minimum atomic E-state index is 0.442. The van der Waals surface area contributed by atoms with Crippen molar-refractivity contribution in [2.75, 3.05) is 23.9 Å². The third kappa shape index (κ3) is 4.52. The number of methoxy groups -OCH3 is 1. The van der Waals surface area contributed by atoms with Crippen molar-refractivity contribution in [3.63, 3.8) is 0 Å². The summed E-state index contributed by atoms with van der Waals surface area (Å²) in [7, 11) is 1.62. The van der Waals surface area contributed by atoms with Gasteiger partial charge in [-0.1, -0.05) is 43.5 Å². The van der Waals surface area contributed by atoms with Crippen LogP contribution >= 0.6 is 12.2 Å². The average Bonchev–Trinajstić information content (AvgIpc) is 2.73. The normalized spacial score (nSPS) is 17.0. The van der Waals surface area contributed by atoms with Crippen LogP contribution in [0.15, 0.2) is 30.3 Å². The van der Waals surface area contributed by atoms with Crippen LogP contribution in [0.25, 0.3) is 0 Å². The number of nitrogens with zero attached hydrogens (tertiary/aromatic N) is 3. The molecule has 0 atom stereocenters. The highest BCUT2D eigenvalue weighted by Crippen LogP contribution is 2.26. The molecule has 0 amide bonds. The van der Waals surface area contributed by atoms with E-state index in [4.69, 9.17) is 21.9 Å². The van der Waals surface area contributed by atoms with Gasteiger partial charge in [0.25, 0.3) is 0 Å². The maximum absolute atomic E-state index is 5.49. The van der Waals surface area contributed by atoms with E-state index in [-0.39, 0.29) is 0 Å². The van der Waals surface area contributed by atoms with Gasteiger partial charge >= 0.3 is 0 Å². The maximum Gasteiger partial charge on any atom is 0.234 e. The lowest BCUT2D eigenvalue weighted by molar-refractivity contribution is 0.397. The standard InChI is InChI=1S/C21H27N5OS/c1-27-19-13-18(26-12-11-15-7-5-6-8-16(15)14-26)23-20(24-19)25-21(28)22-17-9-3-2-4-10-17/h5-8,13,17H,2-4,9-12,14H2,1H3,(H2,22,23,24,25,28). The van der Waals surface area contributed by atoms with Gasteiger partial charge < -0.3 is 20.3 Å². The Morgan fingerprint density at radius 3 is 2.71 bits per heavy atom. The molecule has 0 bridgehead atoms. The van der Waals surface area contributed by atoms with Crippen LogP contribution in [0.5, 0.6) is 5.88 Å². The largest absolute Gasteiger partial charge is 0.481 e. The molecule has 148 valence electrons. The summed E-state index contributed by atoms with van der Waals surface area (Å²) in [5, 5.41) is 7.14.